The number of nitrogens with one attached hydrogen (secondary N) is 1. The minimum atomic E-state index is -2.86. The van der Waals surface area contributed by atoms with E-state index in [9.17, 15) is 13.2 Å². The third kappa shape index (κ3) is 4.47. The van der Waals surface area contributed by atoms with Crippen LogP contribution in [-0.4, -0.2) is 39.0 Å². The minimum absolute atomic E-state index is 0.0214. The van der Waals surface area contributed by atoms with E-state index < -0.39 is 9.84 Å². The van der Waals surface area contributed by atoms with Crippen molar-refractivity contribution in [3.05, 3.63) is 29.8 Å². The molecule has 1 aromatic rings. The second kappa shape index (κ2) is 6.91. The van der Waals surface area contributed by atoms with Gasteiger partial charge >= 0.3 is 0 Å². The molecule has 6 heteroatoms. The van der Waals surface area contributed by atoms with Crippen LogP contribution in [0.3, 0.4) is 0 Å². The Hall–Kier alpha value is -1.56. The monoisotopic (exact) mass is 337 g/mol. The molecular weight excluding hydrogens is 314 g/mol. The zero-order valence-electron chi connectivity index (χ0n) is 13.2. The molecule has 126 valence electrons. The highest BCUT2D eigenvalue weighted by molar-refractivity contribution is 7.91. The zero-order chi connectivity index (χ0) is 16.3. The fourth-order valence-corrected chi connectivity index (χ4v) is 4.85. The Morgan fingerprint density at radius 2 is 1.91 bits per heavy atom. The number of benzene rings is 1. The molecule has 1 amide bonds. The van der Waals surface area contributed by atoms with Gasteiger partial charge in [0, 0.05) is 18.9 Å². The van der Waals surface area contributed by atoms with Gasteiger partial charge in [-0.25, -0.2) is 8.42 Å². The SMILES string of the molecule is O=C(CC1CCS(=O)(=O)CC1)NC[C@H]1COc2ccccc2C1. The second-order valence-electron chi connectivity index (χ2n) is 6.59. The average molecular weight is 337 g/mol. The molecule has 0 unspecified atom stereocenters. The van der Waals surface area contributed by atoms with Crippen LogP contribution in [-0.2, 0) is 21.1 Å². The highest BCUT2D eigenvalue weighted by atomic mass is 32.2. The van der Waals surface area contributed by atoms with Crippen LogP contribution >= 0.6 is 0 Å². The number of sulfone groups is 1. The van der Waals surface area contributed by atoms with Crippen molar-refractivity contribution < 1.29 is 17.9 Å². The van der Waals surface area contributed by atoms with E-state index in [0.29, 0.717) is 38.3 Å². The van der Waals surface area contributed by atoms with Crippen LogP contribution in [0.1, 0.15) is 24.8 Å². The van der Waals surface area contributed by atoms with Crippen molar-refractivity contribution in [2.45, 2.75) is 25.7 Å². The van der Waals surface area contributed by atoms with E-state index in [2.05, 4.69) is 11.4 Å². The number of ether oxygens (including phenoxy) is 1. The van der Waals surface area contributed by atoms with Gasteiger partial charge in [0.25, 0.3) is 0 Å². The molecule has 5 nitrogen and oxygen atoms in total. The van der Waals surface area contributed by atoms with E-state index in [1.165, 1.54) is 5.56 Å². The van der Waals surface area contributed by atoms with Crippen molar-refractivity contribution in [1.29, 1.82) is 0 Å². The number of carbonyl (C=O) groups excluding carboxylic acids is 1. The van der Waals surface area contributed by atoms with Gasteiger partial charge in [-0.05, 0) is 36.8 Å². The van der Waals surface area contributed by atoms with E-state index in [4.69, 9.17) is 4.74 Å². The van der Waals surface area contributed by atoms with Crippen molar-refractivity contribution >= 4 is 15.7 Å². The van der Waals surface area contributed by atoms with Crippen LogP contribution in [0.5, 0.6) is 5.75 Å². The summed E-state index contributed by atoms with van der Waals surface area (Å²) in [6.45, 7) is 1.23. The molecule has 0 aromatic heterocycles. The second-order valence-corrected chi connectivity index (χ2v) is 8.90. The van der Waals surface area contributed by atoms with E-state index in [-0.39, 0.29) is 23.3 Å². The molecule has 1 atom stereocenters. The summed E-state index contributed by atoms with van der Waals surface area (Å²) in [6.07, 6.45) is 2.56. The maximum atomic E-state index is 12.1. The molecule has 1 N–H and O–H groups in total. The van der Waals surface area contributed by atoms with E-state index in [1.54, 1.807) is 0 Å². The summed E-state index contributed by atoms with van der Waals surface area (Å²) in [5, 5.41) is 2.98. The Morgan fingerprint density at radius 3 is 2.70 bits per heavy atom. The third-order valence-electron chi connectivity index (χ3n) is 4.69. The first-order valence-corrected chi connectivity index (χ1v) is 10.0. The molecule has 0 spiro atoms. The summed E-state index contributed by atoms with van der Waals surface area (Å²) in [5.41, 5.74) is 1.19. The number of hydrogen-bond acceptors (Lipinski definition) is 4. The smallest absolute Gasteiger partial charge is 0.220 e. The fraction of sp³-hybridized carbons (Fsp3) is 0.588. The van der Waals surface area contributed by atoms with Gasteiger partial charge in [0.2, 0.25) is 5.91 Å². The molecular formula is C17H23NO4S. The number of amides is 1. The fourth-order valence-electron chi connectivity index (χ4n) is 3.26. The number of para-hydroxylation sites is 1. The molecule has 0 aliphatic carbocycles. The van der Waals surface area contributed by atoms with Crippen molar-refractivity contribution in [2.75, 3.05) is 24.7 Å². The molecule has 0 saturated carbocycles. The highest BCUT2D eigenvalue weighted by Crippen LogP contribution is 2.26. The summed E-state index contributed by atoms with van der Waals surface area (Å²) in [4.78, 5) is 12.1. The van der Waals surface area contributed by atoms with E-state index in [0.717, 1.165) is 12.2 Å². The van der Waals surface area contributed by atoms with Crippen LogP contribution in [0, 0.1) is 11.8 Å². The number of hydrogen-bond donors (Lipinski definition) is 1. The number of rotatable bonds is 4. The Labute approximate surface area is 137 Å². The standard InChI is InChI=1S/C17H23NO4S/c19-17(10-13-5-7-23(20,21)8-6-13)18-11-14-9-15-3-1-2-4-16(15)22-12-14/h1-4,13-14H,5-12H2,(H,18,19)/t14-/m0/s1. The van der Waals surface area contributed by atoms with Gasteiger partial charge in [0.1, 0.15) is 15.6 Å². The summed E-state index contributed by atoms with van der Waals surface area (Å²) < 4.78 is 28.5. The largest absolute Gasteiger partial charge is 0.493 e. The van der Waals surface area contributed by atoms with Gasteiger partial charge in [-0.3, -0.25) is 4.79 Å². The lowest BCUT2D eigenvalue weighted by Gasteiger charge is -2.26. The first-order valence-electron chi connectivity index (χ1n) is 8.20. The molecule has 1 fully saturated rings. The molecule has 3 rings (SSSR count). The summed E-state index contributed by atoms with van der Waals surface area (Å²) in [7, 11) is -2.86. The number of fused-ring (bicyclic) bond motifs is 1. The summed E-state index contributed by atoms with van der Waals surface area (Å²) >= 11 is 0. The van der Waals surface area contributed by atoms with Crippen LogP contribution in [0.2, 0.25) is 0 Å². The zero-order valence-corrected chi connectivity index (χ0v) is 14.0. The van der Waals surface area contributed by atoms with Gasteiger partial charge < -0.3 is 10.1 Å². The lowest BCUT2D eigenvalue weighted by atomic mass is 9.96. The molecule has 1 saturated heterocycles. The Balaban J connectivity index is 1.42. The van der Waals surface area contributed by atoms with Gasteiger partial charge in [-0.15, -0.1) is 0 Å². The molecule has 2 aliphatic rings. The van der Waals surface area contributed by atoms with Crippen LogP contribution < -0.4 is 10.1 Å². The van der Waals surface area contributed by atoms with E-state index in [1.807, 2.05) is 18.2 Å². The molecule has 0 radical (unpaired) electrons. The Bertz CT molecular complexity index is 657. The molecule has 2 aliphatic heterocycles. The van der Waals surface area contributed by atoms with Gasteiger partial charge in [0.05, 0.1) is 18.1 Å². The number of carbonyl (C=O) groups is 1. The van der Waals surface area contributed by atoms with Gasteiger partial charge in [-0.1, -0.05) is 18.2 Å². The normalized spacial score (nSPS) is 23.6. The van der Waals surface area contributed by atoms with Crippen LogP contribution in [0.4, 0.5) is 0 Å². The predicted molar refractivity (Wildman–Crippen MR) is 88.1 cm³/mol. The molecule has 1 aromatic carbocycles. The predicted octanol–water partition coefficient (Wildman–Crippen LogP) is 1.57. The van der Waals surface area contributed by atoms with Crippen LogP contribution in [0.15, 0.2) is 24.3 Å². The van der Waals surface area contributed by atoms with Crippen molar-refractivity contribution in [2.24, 2.45) is 11.8 Å². The minimum Gasteiger partial charge on any atom is -0.493 e. The summed E-state index contributed by atoms with van der Waals surface area (Å²) in [6, 6.07) is 8.00. The van der Waals surface area contributed by atoms with E-state index >= 15 is 0 Å². The maximum absolute atomic E-state index is 12.1. The summed E-state index contributed by atoms with van der Waals surface area (Å²) in [5.74, 6) is 1.89. The Kier molecular flexibility index (Phi) is 4.90. The molecule has 23 heavy (non-hydrogen) atoms. The highest BCUT2D eigenvalue weighted by Gasteiger charge is 2.26. The quantitative estimate of drug-likeness (QED) is 0.905. The topological polar surface area (TPSA) is 72.5 Å². The van der Waals surface area contributed by atoms with Crippen molar-refractivity contribution in [3.8, 4) is 5.75 Å². The molecule has 0 bridgehead atoms. The average Bonchev–Trinajstić information content (AvgIpc) is 2.55. The first-order chi connectivity index (χ1) is 11.0. The maximum Gasteiger partial charge on any atom is 0.220 e. The Morgan fingerprint density at radius 1 is 1.17 bits per heavy atom. The van der Waals surface area contributed by atoms with Gasteiger partial charge in [0.15, 0.2) is 0 Å². The lowest BCUT2D eigenvalue weighted by Crippen LogP contribution is -2.36. The van der Waals surface area contributed by atoms with Crippen molar-refractivity contribution in [3.63, 3.8) is 0 Å². The van der Waals surface area contributed by atoms with Crippen LogP contribution in [0.25, 0.3) is 0 Å². The lowest BCUT2D eigenvalue weighted by molar-refractivity contribution is -0.122. The molecule has 2 heterocycles. The third-order valence-corrected chi connectivity index (χ3v) is 6.41. The van der Waals surface area contributed by atoms with Gasteiger partial charge in [-0.2, -0.15) is 0 Å². The first kappa shape index (κ1) is 16.3. The van der Waals surface area contributed by atoms with Crippen molar-refractivity contribution in [1.82, 2.24) is 5.32 Å².